The molecule has 0 aliphatic heterocycles. The summed E-state index contributed by atoms with van der Waals surface area (Å²) in [7, 11) is 5.44. The number of hydrogen-bond donors (Lipinski definition) is 0. The van der Waals surface area contributed by atoms with E-state index in [4.69, 9.17) is 7.85 Å². The summed E-state index contributed by atoms with van der Waals surface area (Å²) < 4.78 is 0. The Kier molecular flexibility index (Phi) is 0.757. The van der Waals surface area contributed by atoms with Crippen LogP contribution in [0.4, 0.5) is 0 Å². The molecule has 0 heterocycles. The molecule has 0 spiro atoms. The van der Waals surface area contributed by atoms with Crippen LogP contribution in [0.1, 0.15) is 6.92 Å². The molecular weight excluding hydrogens is 70.9 g/mol. The summed E-state index contributed by atoms with van der Waals surface area (Å²) in [5.74, 6) is 0.981. The molecule has 1 heteroatoms. The molecule has 1 atom stereocenters. The summed E-state index contributed by atoms with van der Waals surface area (Å²) in [6.07, 6.45) is 4.23. The van der Waals surface area contributed by atoms with Crippen LogP contribution in [0.15, 0.2) is 12.2 Å². The molecule has 0 saturated carbocycles. The van der Waals surface area contributed by atoms with Crippen LogP contribution >= 0.6 is 0 Å². The van der Waals surface area contributed by atoms with Gasteiger partial charge in [-0.3, -0.25) is 0 Å². The topological polar surface area (TPSA) is 0 Å². The molecule has 0 aromatic carbocycles. The maximum Gasteiger partial charge on any atom is 0.0707 e. The second-order valence-corrected chi connectivity index (χ2v) is 1.82. The van der Waals surface area contributed by atoms with Crippen LogP contribution in [0.25, 0.3) is 0 Å². The van der Waals surface area contributed by atoms with Gasteiger partial charge in [0.1, 0.15) is 0 Å². The largest absolute Gasteiger partial charge is 0.0815 e. The normalized spacial score (nSPS) is 24.2. The van der Waals surface area contributed by atoms with E-state index in [1.807, 2.05) is 6.92 Å². The van der Waals surface area contributed by atoms with E-state index in [1.54, 1.807) is 0 Å². The van der Waals surface area contributed by atoms with E-state index in [-0.39, 0.29) is 0 Å². The van der Waals surface area contributed by atoms with Gasteiger partial charge in [0.15, 0.2) is 0 Å². The predicted molar refractivity (Wildman–Crippen MR) is 27.8 cm³/mol. The van der Waals surface area contributed by atoms with E-state index in [0.717, 1.165) is 0 Å². The Hall–Kier alpha value is -0.195. The summed E-state index contributed by atoms with van der Waals surface area (Å²) in [5, 5.41) is 0. The number of allylic oxidation sites excluding steroid dienone is 2. The van der Waals surface area contributed by atoms with Crippen LogP contribution in [-0.4, -0.2) is 7.85 Å². The van der Waals surface area contributed by atoms with E-state index in [1.165, 1.54) is 0 Å². The van der Waals surface area contributed by atoms with Crippen LogP contribution in [0.3, 0.4) is 0 Å². The first-order valence-electron chi connectivity index (χ1n) is 2.24. The second kappa shape index (κ2) is 1.14. The zero-order valence-corrected chi connectivity index (χ0v) is 3.89. The van der Waals surface area contributed by atoms with Gasteiger partial charge in [-0.05, 0) is 5.92 Å². The lowest BCUT2D eigenvalue weighted by Crippen LogP contribution is -1.85. The van der Waals surface area contributed by atoms with Gasteiger partial charge in [0.2, 0.25) is 0 Å². The first-order chi connectivity index (χ1) is 2.80. The highest BCUT2D eigenvalue weighted by atomic mass is 14.1. The van der Waals surface area contributed by atoms with Gasteiger partial charge in [0.05, 0.1) is 7.85 Å². The Morgan fingerprint density at radius 2 is 2.17 bits per heavy atom. The van der Waals surface area contributed by atoms with Crippen LogP contribution in [0.2, 0.25) is 5.82 Å². The summed E-state index contributed by atoms with van der Waals surface area (Å²) >= 11 is 0. The van der Waals surface area contributed by atoms with Gasteiger partial charge in [0, 0.05) is 0 Å². The molecule has 0 nitrogen and oxygen atoms in total. The fourth-order valence-electron chi connectivity index (χ4n) is 0.415. The molecule has 30 valence electrons. The Bertz CT molecular complexity index is 68.0. The zero-order valence-electron chi connectivity index (χ0n) is 3.89. The van der Waals surface area contributed by atoms with Gasteiger partial charge in [0.25, 0.3) is 0 Å². The van der Waals surface area contributed by atoms with Crippen molar-refractivity contribution in [3.05, 3.63) is 12.2 Å². The highest BCUT2D eigenvalue weighted by Gasteiger charge is 2.13. The lowest BCUT2D eigenvalue weighted by Gasteiger charge is -1.95. The monoisotopic (exact) mass is 78.1 g/mol. The molecule has 0 amide bonds. The van der Waals surface area contributed by atoms with Crippen molar-refractivity contribution >= 4 is 7.85 Å². The van der Waals surface area contributed by atoms with Gasteiger partial charge in [-0.2, -0.15) is 0 Å². The molecule has 0 aromatic rings. The fourth-order valence-corrected chi connectivity index (χ4v) is 0.415. The quantitative estimate of drug-likeness (QED) is 0.326. The molecular formula is C5H7B. The summed E-state index contributed by atoms with van der Waals surface area (Å²) in [6, 6.07) is 0. The maximum absolute atomic E-state index is 5.44. The second-order valence-electron chi connectivity index (χ2n) is 1.82. The molecule has 0 aromatic heterocycles. The first-order valence-corrected chi connectivity index (χ1v) is 2.24. The number of hydrogen-bond acceptors (Lipinski definition) is 0. The standard InChI is InChI=1S/C5H7B/c1-4(6)5-2-3-5/h2-5H,1H3. The van der Waals surface area contributed by atoms with Gasteiger partial charge in [-0.1, -0.05) is 24.9 Å². The summed E-state index contributed by atoms with van der Waals surface area (Å²) in [6.45, 7) is 2.02. The van der Waals surface area contributed by atoms with Crippen molar-refractivity contribution in [3.8, 4) is 0 Å². The van der Waals surface area contributed by atoms with Crippen molar-refractivity contribution in [2.75, 3.05) is 0 Å². The minimum absolute atomic E-state index is 0.352. The molecule has 1 aliphatic carbocycles. The molecule has 0 N–H and O–H groups in total. The Morgan fingerprint density at radius 3 is 2.17 bits per heavy atom. The first kappa shape index (κ1) is 3.98. The van der Waals surface area contributed by atoms with E-state index in [9.17, 15) is 0 Å². The van der Waals surface area contributed by atoms with E-state index in [2.05, 4.69) is 12.2 Å². The van der Waals surface area contributed by atoms with Crippen molar-refractivity contribution in [1.29, 1.82) is 0 Å². The van der Waals surface area contributed by atoms with E-state index >= 15 is 0 Å². The Morgan fingerprint density at radius 1 is 1.67 bits per heavy atom. The van der Waals surface area contributed by atoms with Crippen molar-refractivity contribution < 1.29 is 0 Å². The van der Waals surface area contributed by atoms with Gasteiger partial charge < -0.3 is 0 Å². The van der Waals surface area contributed by atoms with Gasteiger partial charge in [-0.25, -0.2) is 0 Å². The Labute approximate surface area is 39.7 Å². The molecule has 0 bridgehead atoms. The molecule has 2 radical (unpaired) electrons. The average Bonchev–Trinajstić information content (AvgIpc) is 2.06. The van der Waals surface area contributed by atoms with Gasteiger partial charge >= 0.3 is 0 Å². The van der Waals surface area contributed by atoms with Crippen molar-refractivity contribution in [2.45, 2.75) is 12.7 Å². The highest BCUT2D eigenvalue weighted by Crippen LogP contribution is 2.26. The molecule has 6 heavy (non-hydrogen) atoms. The van der Waals surface area contributed by atoms with Crippen molar-refractivity contribution in [1.82, 2.24) is 0 Å². The van der Waals surface area contributed by atoms with Crippen LogP contribution in [0, 0.1) is 5.92 Å². The smallest absolute Gasteiger partial charge is 0.0707 e. The summed E-state index contributed by atoms with van der Waals surface area (Å²) in [5.41, 5.74) is 0. The highest BCUT2D eigenvalue weighted by molar-refractivity contribution is 6.12. The molecule has 0 saturated heterocycles. The molecule has 1 rings (SSSR count). The Balaban J connectivity index is 2.16. The number of rotatable bonds is 1. The van der Waals surface area contributed by atoms with Crippen molar-refractivity contribution in [3.63, 3.8) is 0 Å². The van der Waals surface area contributed by atoms with Crippen molar-refractivity contribution in [2.24, 2.45) is 5.92 Å². The molecule has 0 fully saturated rings. The summed E-state index contributed by atoms with van der Waals surface area (Å²) in [4.78, 5) is 0. The van der Waals surface area contributed by atoms with Crippen LogP contribution in [0.5, 0.6) is 0 Å². The lowest BCUT2D eigenvalue weighted by molar-refractivity contribution is 0.860. The SMILES string of the molecule is [B]C(C)C1C=C1. The van der Waals surface area contributed by atoms with Crippen LogP contribution in [-0.2, 0) is 0 Å². The minimum atomic E-state index is 0.352. The lowest BCUT2D eigenvalue weighted by atomic mass is 9.84. The fraction of sp³-hybridized carbons (Fsp3) is 0.600. The maximum atomic E-state index is 5.44. The third-order valence-corrected chi connectivity index (χ3v) is 1.02. The molecule has 1 unspecified atom stereocenters. The molecule has 1 aliphatic rings. The predicted octanol–water partition coefficient (Wildman–Crippen LogP) is 1.15. The van der Waals surface area contributed by atoms with E-state index in [0.29, 0.717) is 11.7 Å². The third-order valence-electron chi connectivity index (χ3n) is 1.02. The van der Waals surface area contributed by atoms with E-state index < -0.39 is 0 Å². The zero-order chi connectivity index (χ0) is 4.57. The minimum Gasteiger partial charge on any atom is -0.0815 e. The van der Waals surface area contributed by atoms with Gasteiger partial charge in [-0.15, -0.1) is 0 Å². The van der Waals surface area contributed by atoms with Crippen LogP contribution < -0.4 is 0 Å². The third kappa shape index (κ3) is 0.646. The average molecular weight is 77.9 g/mol.